The van der Waals surface area contributed by atoms with Crippen molar-refractivity contribution in [2.45, 2.75) is 46.5 Å². The van der Waals surface area contributed by atoms with Crippen LogP contribution in [-0.4, -0.2) is 18.2 Å². The first-order valence-corrected chi connectivity index (χ1v) is 9.95. The van der Waals surface area contributed by atoms with Gasteiger partial charge in [0.2, 0.25) is 0 Å². The Morgan fingerprint density at radius 3 is 2.64 bits per heavy atom. The third-order valence-electron chi connectivity index (χ3n) is 4.40. The van der Waals surface area contributed by atoms with E-state index in [1.54, 1.807) is 13.3 Å². The molecule has 0 aromatic carbocycles. The van der Waals surface area contributed by atoms with Gasteiger partial charge in [-0.25, -0.2) is 0 Å². The standard InChI is InChI=1S/C25H35N3/c1-7-24-17-25(21(5)26)23(18-28-24)15-14-22(13-9-8-11-19(2)3)20(4)12-10-16-27-6/h8-10,12-13,16-19H,4-5,7,11,14-15,26H2,1-3,6H3/b9-8-,12-10+,22-13-,27-16-. The van der Waals surface area contributed by atoms with Crippen molar-refractivity contribution in [3.05, 3.63) is 83.8 Å². The molecule has 28 heavy (non-hydrogen) atoms. The molecule has 0 saturated heterocycles. The van der Waals surface area contributed by atoms with Crippen molar-refractivity contribution in [3.63, 3.8) is 0 Å². The normalized spacial score (nSPS) is 12.7. The van der Waals surface area contributed by atoms with E-state index in [9.17, 15) is 0 Å². The van der Waals surface area contributed by atoms with Crippen LogP contribution in [0.5, 0.6) is 0 Å². The fourth-order valence-corrected chi connectivity index (χ4v) is 2.73. The van der Waals surface area contributed by atoms with Crippen molar-refractivity contribution < 1.29 is 0 Å². The first-order valence-electron chi connectivity index (χ1n) is 9.95. The summed E-state index contributed by atoms with van der Waals surface area (Å²) in [7, 11) is 1.76. The molecule has 0 bridgehead atoms. The SMILES string of the molecule is C=C(/C=C/C=N\C)/C(=C\C=C/CC(C)C)CCc1cnc(CC)cc1C(=C)N. The van der Waals surface area contributed by atoms with Gasteiger partial charge in [-0.1, -0.05) is 58.2 Å². The molecular weight excluding hydrogens is 342 g/mol. The number of nitrogens with zero attached hydrogens (tertiary/aromatic N) is 2. The van der Waals surface area contributed by atoms with Crippen LogP contribution in [0.3, 0.4) is 0 Å². The van der Waals surface area contributed by atoms with E-state index in [1.807, 2.05) is 18.3 Å². The van der Waals surface area contributed by atoms with E-state index in [0.29, 0.717) is 11.6 Å². The maximum atomic E-state index is 6.02. The van der Waals surface area contributed by atoms with Crippen molar-refractivity contribution in [2.75, 3.05) is 7.05 Å². The molecule has 0 aliphatic heterocycles. The number of nitrogens with two attached hydrogens (primary N) is 1. The van der Waals surface area contributed by atoms with Gasteiger partial charge in [-0.2, -0.15) is 0 Å². The quantitative estimate of drug-likeness (QED) is 0.388. The van der Waals surface area contributed by atoms with Crippen LogP contribution < -0.4 is 5.73 Å². The van der Waals surface area contributed by atoms with Gasteiger partial charge in [0, 0.05) is 36.4 Å². The minimum absolute atomic E-state index is 0.590. The van der Waals surface area contributed by atoms with Gasteiger partial charge in [-0.05, 0) is 60.5 Å². The maximum absolute atomic E-state index is 6.02. The second-order valence-corrected chi connectivity index (χ2v) is 7.25. The smallest absolute Gasteiger partial charge is 0.0407 e. The Labute approximate surface area is 171 Å². The first kappa shape index (κ1) is 23.4. The molecule has 1 heterocycles. The van der Waals surface area contributed by atoms with Gasteiger partial charge in [0.25, 0.3) is 0 Å². The van der Waals surface area contributed by atoms with E-state index in [4.69, 9.17) is 5.73 Å². The number of hydrogen-bond acceptors (Lipinski definition) is 3. The third kappa shape index (κ3) is 8.34. The average Bonchev–Trinajstić information content (AvgIpc) is 2.67. The summed E-state index contributed by atoms with van der Waals surface area (Å²) in [6.07, 6.45) is 17.7. The topological polar surface area (TPSA) is 51.3 Å². The summed E-state index contributed by atoms with van der Waals surface area (Å²) in [6.45, 7) is 14.7. The molecule has 3 heteroatoms. The van der Waals surface area contributed by atoms with E-state index in [2.05, 4.69) is 68.2 Å². The molecule has 0 aliphatic carbocycles. The Hall–Kier alpha value is -2.68. The van der Waals surface area contributed by atoms with Crippen molar-refractivity contribution in [1.29, 1.82) is 0 Å². The highest BCUT2D eigenvalue weighted by Gasteiger charge is 2.08. The molecular formula is C25H35N3. The monoisotopic (exact) mass is 377 g/mol. The van der Waals surface area contributed by atoms with E-state index in [-0.39, 0.29) is 0 Å². The van der Waals surface area contributed by atoms with Crippen LogP contribution in [0.2, 0.25) is 0 Å². The van der Waals surface area contributed by atoms with Gasteiger partial charge in [0.05, 0.1) is 0 Å². The maximum Gasteiger partial charge on any atom is 0.0407 e. The second kappa shape index (κ2) is 12.7. The van der Waals surface area contributed by atoms with E-state index < -0.39 is 0 Å². The van der Waals surface area contributed by atoms with Gasteiger partial charge in [0.15, 0.2) is 0 Å². The molecule has 1 rings (SSSR count). The predicted octanol–water partition coefficient (Wildman–Crippen LogP) is 5.85. The highest BCUT2D eigenvalue weighted by molar-refractivity contribution is 5.72. The highest BCUT2D eigenvalue weighted by atomic mass is 14.7. The van der Waals surface area contributed by atoms with Crippen molar-refractivity contribution >= 4 is 11.9 Å². The van der Waals surface area contributed by atoms with Gasteiger partial charge in [-0.3, -0.25) is 9.98 Å². The molecule has 150 valence electrons. The number of aromatic nitrogens is 1. The molecule has 0 spiro atoms. The molecule has 0 aliphatic rings. The summed E-state index contributed by atoms with van der Waals surface area (Å²) in [5.41, 5.74) is 11.9. The van der Waals surface area contributed by atoms with Crippen LogP contribution in [0, 0.1) is 5.92 Å². The van der Waals surface area contributed by atoms with Crippen LogP contribution in [0.1, 0.15) is 50.4 Å². The van der Waals surface area contributed by atoms with Crippen molar-refractivity contribution in [1.82, 2.24) is 4.98 Å². The van der Waals surface area contributed by atoms with Crippen LogP contribution in [-0.2, 0) is 12.8 Å². The van der Waals surface area contributed by atoms with Gasteiger partial charge < -0.3 is 5.73 Å². The van der Waals surface area contributed by atoms with Crippen LogP contribution in [0.25, 0.3) is 5.70 Å². The zero-order valence-corrected chi connectivity index (χ0v) is 17.9. The summed E-state index contributed by atoms with van der Waals surface area (Å²) in [5, 5.41) is 0. The molecule has 3 nitrogen and oxygen atoms in total. The molecule has 2 N–H and O–H groups in total. The van der Waals surface area contributed by atoms with Gasteiger partial charge in [-0.15, -0.1) is 0 Å². The number of rotatable bonds is 11. The van der Waals surface area contributed by atoms with Crippen LogP contribution >= 0.6 is 0 Å². The van der Waals surface area contributed by atoms with Crippen LogP contribution in [0.4, 0.5) is 0 Å². The summed E-state index contributed by atoms with van der Waals surface area (Å²) in [5.74, 6) is 0.651. The number of pyridine rings is 1. The van der Waals surface area contributed by atoms with Gasteiger partial charge in [0.1, 0.15) is 0 Å². The lowest BCUT2D eigenvalue weighted by molar-refractivity contribution is 0.664. The summed E-state index contributed by atoms with van der Waals surface area (Å²) < 4.78 is 0. The number of allylic oxidation sites excluding steroid dienone is 7. The molecule has 0 unspecified atom stereocenters. The Kier molecular flexibility index (Phi) is 10.6. The zero-order valence-electron chi connectivity index (χ0n) is 17.9. The predicted molar refractivity (Wildman–Crippen MR) is 125 cm³/mol. The van der Waals surface area contributed by atoms with Crippen molar-refractivity contribution in [3.8, 4) is 0 Å². The highest BCUT2D eigenvalue weighted by Crippen LogP contribution is 2.22. The number of aryl methyl sites for hydroxylation is 2. The second-order valence-electron chi connectivity index (χ2n) is 7.25. The Morgan fingerprint density at radius 2 is 2.04 bits per heavy atom. The Bertz CT molecular complexity index is 777. The number of hydrogen-bond donors (Lipinski definition) is 1. The van der Waals surface area contributed by atoms with E-state index in [0.717, 1.165) is 48.1 Å². The molecule has 0 fully saturated rings. The largest absolute Gasteiger partial charge is 0.399 e. The first-order chi connectivity index (χ1) is 13.4. The van der Waals surface area contributed by atoms with Gasteiger partial charge >= 0.3 is 0 Å². The van der Waals surface area contributed by atoms with E-state index in [1.165, 1.54) is 5.57 Å². The summed E-state index contributed by atoms with van der Waals surface area (Å²) >= 11 is 0. The Morgan fingerprint density at radius 1 is 1.29 bits per heavy atom. The minimum Gasteiger partial charge on any atom is -0.399 e. The summed E-state index contributed by atoms with van der Waals surface area (Å²) in [6, 6.07) is 2.05. The lowest BCUT2D eigenvalue weighted by atomic mass is 9.95. The average molecular weight is 378 g/mol. The molecule has 0 saturated carbocycles. The molecule has 1 aromatic rings. The molecule has 1 aromatic heterocycles. The lowest BCUT2D eigenvalue weighted by Gasteiger charge is -2.12. The van der Waals surface area contributed by atoms with Crippen molar-refractivity contribution in [2.24, 2.45) is 16.6 Å². The lowest BCUT2D eigenvalue weighted by Crippen LogP contribution is -2.04. The zero-order chi connectivity index (χ0) is 20.9. The third-order valence-corrected chi connectivity index (χ3v) is 4.40. The minimum atomic E-state index is 0.590. The fraction of sp³-hybridized carbons (Fsp3) is 0.360. The summed E-state index contributed by atoms with van der Waals surface area (Å²) in [4.78, 5) is 8.52. The van der Waals surface area contributed by atoms with Crippen LogP contribution in [0.15, 0.2) is 71.9 Å². The fourth-order valence-electron chi connectivity index (χ4n) is 2.73. The molecule has 0 amide bonds. The van der Waals surface area contributed by atoms with E-state index >= 15 is 0 Å². The molecule has 0 atom stereocenters. The molecule has 0 radical (unpaired) electrons. The number of aliphatic imine (C=N–C) groups is 1. The Balaban J connectivity index is 3.03.